The number of aryl methyl sites for hydroxylation is 1. The van der Waals surface area contributed by atoms with Crippen LogP contribution in [0.4, 0.5) is 5.69 Å². The zero-order valence-corrected chi connectivity index (χ0v) is 9.92. The van der Waals surface area contributed by atoms with Crippen LogP contribution >= 0.6 is 0 Å². The number of para-hydroxylation sites is 1. The van der Waals surface area contributed by atoms with Crippen LogP contribution in [0.3, 0.4) is 0 Å². The molecule has 18 heavy (non-hydrogen) atoms. The van der Waals surface area contributed by atoms with E-state index in [-0.39, 0.29) is 6.42 Å². The van der Waals surface area contributed by atoms with Gasteiger partial charge in [-0.25, -0.2) is 0 Å². The second-order valence-corrected chi connectivity index (χ2v) is 4.52. The van der Waals surface area contributed by atoms with E-state index >= 15 is 0 Å². The minimum Gasteiger partial charge on any atom is -0.375 e. The molecule has 92 valence electrons. The van der Waals surface area contributed by atoms with Crippen molar-refractivity contribution in [3.63, 3.8) is 0 Å². The van der Waals surface area contributed by atoms with Crippen LogP contribution in [0.2, 0.25) is 0 Å². The second-order valence-electron chi connectivity index (χ2n) is 4.52. The fourth-order valence-electron chi connectivity index (χ4n) is 2.30. The lowest BCUT2D eigenvalue weighted by Crippen LogP contribution is -2.36. The Bertz CT molecular complexity index is 620. The number of hydrogen-bond donors (Lipinski definition) is 2. The van der Waals surface area contributed by atoms with Crippen molar-refractivity contribution in [1.29, 1.82) is 0 Å². The zero-order valence-electron chi connectivity index (χ0n) is 9.92. The molecule has 0 saturated heterocycles. The maximum absolute atomic E-state index is 12.0. The second kappa shape index (κ2) is 3.68. The number of amides is 1. The van der Waals surface area contributed by atoms with Gasteiger partial charge in [0.05, 0.1) is 5.69 Å². The van der Waals surface area contributed by atoms with Gasteiger partial charge < -0.3 is 10.4 Å². The van der Waals surface area contributed by atoms with Crippen molar-refractivity contribution in [2.24, 2.45) is 7.05 Å². The van der Waals surface area contributed by atoms with Crippen LogP contribution < -0.4 is 5.32 Å². The lowest BCUT2D eigenvalue weighted by atomic mass is 9.90. The lowest BCUT2D eigenvalue weighted by molar-refractivity contribution is -0.133. The van der Waals surface area contributed by atoms with Crippen molar-refractivity contribution in [1.82, 2.24) is 9.78 Å². The molecule has 1 amide bonds. The van der Waals surface area contributed by atoms with Crippen LogP contribution in [0.5, 0.6) is 0 Å². The molecule has 0 radical (unpaired) electrons. The van der Waals surface area contributed by atoms with E-state index in [0.717, 1.165) is 0 Å². The third-order valence-electron chi connectivity index (χ3n) is 3.20. The number of aliphatic hydroxyl groups is 1. The largest absolute Gasteiger partial charge is 0.375 e. The molecule has 0 saturated carbocycles. The van der Waals surface area contributed by atoms with E-state index in [2.05, 4.69) is 10.4 Å². The first kappa shape index (κ1) is 11.0. The number of rotatable bonds is 2. The normalized spacial score (nSPS) is 21.8. The predicted molar refractivity (Wildman–Crippen MR) is 65.9 cm³/mol. The van der Waals surface area contributed by atoms with Crippen LogP contribution in [-0.2, 0) is 23.9 Å². The van der Waals surface area contributed by atoms with Gasteiger partial charge in [0, 0.05) is 30.9 Å². The SMILES string of the molecule is Cn1ccc(CC2(O)C(=O)Nc3ccccc32)n1. The average Bonchev–Trinajstić information content (AvgIpc) is 2.84. The van der Waals surface area contributed by atoms with Gasteiger partial charge in [-0.05, 0) is 12.1 Å². The Kier molecular flexibility index (Phi) is 2.24. The van der Waals surface area contributed by atoms with Gasteiger partial charge >= 0.3 is 0 Å². The number of carbonyl (C=O) groups is 1. The third kappa shape index (κ3) is 1.52. The molecule has 0 fully saturated rings. The molecule has 2 aromatic rings. The van der Waals surface area contributed by atoms with E-state index in [0.29, 0.717) is 16.9 Å². The number of anilines is 1. The number of hydrogen-bond acceptors (Lipinski definition) is 3. The van der Waals surface area contributed by atoms with Crippen molar-refractivity contribution >= 4 is 11.6 Å². The van der Waals surface area contributed by atoms with E-state index < -0.39 is 11.5 Å². The Hall–Kier alpha value is -2.14. The molecular formula is C13H13N3O2. The van der Waals surface area contributed by atoms with E-state index in [1.807, 2.05) is 12.1 Å². The van der Waals surface area contributed by atoms with Gasteiger partial charge in [-0.15, -0.1) is 0 Å². The minimum atomic E-state index is -1.52. The summed E-state index contributed by atoms with van der Waals surface area (Å²) >= 11 is 0. The van der Waals surface area contributed by atoms with Crippen LogP contribution in [0.15, 0.2) is 36.5 Å². The Morgan fingerprint density at radius 2 is 2.17 bits per heavy atom. The van der Waals surface area contributed by atoms with E-state index in [1.165, 1.54) is 0 Å². The summed E-state index contributed by atoms with van der Waals surface area (Å²) in [6, 6.07) is 8.97. The van der Waals surface area contributed by atoms with Gasteiger partial charge in [0.15, 0.2) is 5.60 Å². The van der Waals surface area contributed by atoms with Gasteiger partial charge in [-0.1, -0.05) is 18.2 Å². The van der Waals surface area contributed by atoms with Crippen LogP contribution in [0.25, 0.3) is 0 Å². The summed E-state index contributed by atoms with van der Waals surface area (Å²) in [7, 11) is 1.80. The number of fused-ring (bicyclic) bond motifs is 1. The molecular weight excluding hydrogens is 230 g/mol. The van der Waals surface area contributed by atoms with Crippen molar-refractivity contribution < 1.29 is 9.90 Å². The van der Waals surface area contributed by atoms with Crippen LogP contribution in [-0.4, -0.2) is 20.8 Å². The Morgan fingerprint density at radius 1 is 1.39 bits per heavy atom. The third-order valence-corrected chi connectivity index (χ3v) is 3.20. The minimum absolute atomic E-state index is 0.177. The van der Waals surface area contributed by atoms with E-state index in [9.17, 15) is 9.90 Å². The van der Waals surface area contributed by atoms with Crippen molar-refractivity contribution in [2.75, 3.05) is 5.32 Å². The smallest absolute Gasteiger partial charge is 0.261 e. The number of benzene rings is 1. The highest BCUT2D eigenvalue weighted by atomic mass is 16.3. The molecule has 0 spiro atoms. The Balaban J connectivity index is 2.01. The summed E-state index contributed by atoms with van der Waals surface area (Å²) in [6.45, 7) is 0. The summed E-state index contributed by atoms with van der Waals surface area (Å²) in [5.74, 6) is -0.394. The maximum atomic E-state index is 12.0. The highest BCUT2D eigenvalue weighted by Gasteiger charge is 2.45. The van der Waals surface area contributed by atoms with Gasteiger partial charge in [-0.3, -0.25) is 9.48 Å². The summed E-state index contributed by atoms with van der Waals surface area (Å²) in [6.07, 6.45) is 1.97. The summed E-state index contributed by atoms with van der Waals surface area (Å²) in [4.78, 5) is 12.0. The summed E-state index contributed by atoms with van der Waals surface area (Å²) in [5, 5.41) is 17.5. The monoisotopic (exact) mass is 243 g/mol. The first-order chi connectivity index (χ1) is 8.59. The highest BCUT2D eigenvalue weighted by Crippen LogP contribution is 2.37. The molecule has 0 aliphatic carbocycles. The molecule has 5 heteroatoms. The topological polar surface area (TPSA) is 67.2 Å². The standard InChI is InChI=1S/C13H13N3O2/c1-16-7-6-9(15-16)8-13(18)10-4-2-3-5-11(10)14-12(13)17/h2-7,18H,8H2,1H3,(H,14,17). The van der Waals surface area contributed by atoms with Crippen molar-refractivity contribution in [2.45, 2.75) is 12.0 Å². The fraction of sp³-hybridized carbons (Fsp3) is 0.231. The zero-order chi connectivity index (χ0) is 12.8. The van der Waals surface area contributed by atoms with Gasteiger partial charge in [0.1, 0.15) is 0 Å². The summed E-state index contributed by atoms with van der Waals surface area (Å²) < 4.78 is 1.65. The quantitative estimate of drug-likeness (QED) is 0.820. The molecule has 1 aromatic heterocycles. The number of aromatic nitrogens is 2. The lowest BCUT2D eigenvalue weighted by Gasteiger charge is -2.19. The van der Waals surface area contributed by atoms with Crippen molar-refractivity contribution in [3.05, 3.63) is 47.8 Å². The highest BCUT2D eigenvalue weighted by molar-refractivity contribution is 6.05. The molecule has 2 heterocycles. The van der Waals surface area contributed by atoms with Crippen molar-refractivity contribution in [3.8, 4) is 0 Å². The first-order valence-corrected chi connectivity index (χ1v) is 5.71. The van der Waals surface area contributed by atoms with Crippen LogP contribution in [0.1, 0.15) is 11.3 Å². The molecule has 1 aromatic carbocycles. The molecule has 1 atom stereocenters. The summed E-state index contributed by atoms with van der Waals surface area (Å²) in [5.41, 5.74) is 0.443. The van der Waals surface area contributed by atoms with Gasteiger partial charge in [0.25, 0.3) is 5.91 Å². The van der Waals surface area contributed by atoms with Gasteiger partial charge in [0.2, 0.25) is 0 Å². The molecule has 1 aliphatic rings. The molecule has 1 aliphatic heterocycles. The number of nitrogens with zero attached hydrogens (tertiary/aromatic N) is 2. The molecule has 0 bridgehead atoms. The van der Waals surface area contributed by atoms with E-state index in [1.54, 1.807) is 36.1 Å². The van der Waals surface area contributed by atoms with Gasteiger partial charge in [-0.2, -0.15) is 5.10 Å². The molecule has 1 unspecified atom stereocenters. The average molecular weight is 243 g/mol. The number of carbonyl (C=O) groups excluding carboxylic acids is 1. The first-order valence-electron chi connectivity index (χ1n) is 5.71. The Labute approximate surface area is 104 Å². The maximum Gasteiger partial charge on any atom is 0.261 e. The number of nitrogens with one attached hydrogen (secondary N) is 1. The fourth-order valence-corrected chi connectivity index (χ4v) is 2.30. The predicted octanol–water partition coefficient (Wildman–Crippen LogP) is 0.802. The Morgan fingerprint density at radius 3 is 2.89 bits per heavy atom. The molecule has 5 nitrogen and oxygen atoms in total. The molecule has 2 N–H and O–H groups in total. The van der Waals surface area contributed by atoms with E-state index in [4.69, 9.17) is 0 Å². The van der Waals surface area contributed by atoms with Crippen LogP contribution in [0, 0.1) is 0 Å². The molecule has 3 rings (SSSR count).